The Balaban J connectivity index is 3.71. The lowest BCUT2D eigenvalue weighted by Crippen LogP contribution is -2.39. The number of hydrogen-bond acceptors (Lipinski definition) is 3. The SMILES string of the molecule is CCN(C)CCC(=O)NC(C)C(=O)O. The molecule has 0 saturated carbocycles. The summed E-state index contributed by atoms with van der Waals surface area (Å²) in [6.07, 6.45) is 0.335. The van der Waals surface area contributed by atoms with Crippen LogP contribution in [0.2, 0.25) is 0 Å². The van der Waals surface area contributed by atoms with Gasteiger partial charge in [-0.15, -0.1) is 0 Å². The van der Waals surface area contributed by atoms with Crippen molar-refractivity contribution in [2.24, 2.45) is 0 Å². The smallest absolute Gasteiger partial charge is 0.325 e. The van der Waals surface area contributed by atoms with Crippen molar-refractivity contribution in [1.29, 1.82) is 0 Å². The predicted molar refractivity (Wildman–Crippen MR) is 53.0 cm³/mol. The summed E-state index contributed by atoms with van der Waals surface area (Å²) in [6, 6.07) is -0.811. The number of aliphatic carboxylic acids is 1. The number of rotatable bonds is 6. The fourth-order valence-corrected chi connectivity index (χ4v) is 0.826. The van der Waals surface area contributed by atoms with Gasteiger partial charge in [-0.05, 0) is 20.5 Å². The van der Waals surface area contributed by atoms with E-state index in [9.17, 15) is 9.59 Å². The highest BCUT2D eigenvalue weighted by molar-refractivity contribution is 5.83. The summed E-state index contributed by atoms with van der Waals surface area (Å²) < 4.78 is 0. The van der Waals surface area contributed by atoms with Crippen molar-refractivity contribution in [2.45, 2.75) is 26.3 Å². The minimum absolute atomic E-state index is 0.222. The first kappa shape index (κ1) is 12.9. The Morgan fingerprint density at radius 3 is 2.50 bits per heavy atom. The van der Waals surface area contributed by atoms with Gasteiger partial charge in [-0.2, -0.15) is 0 Å². The van der Waals surface area contributed by atoms with E-state index in [1.54, 1.807) is 0 Å². The number of nitrogens with zero attached hydrogens (tertiary/aromatic N) is 1. The topological polar surface area (TPSA) is 69.6 Å². The van der Waals surface area contributed by atoms with E-state index in [1.807, 2.05) is 18.9 Å². The van der Waals surface area contributed by atoms with Gasteiger partial charge in [0.15, 0.2) is 0 Å². The molecule has 0 aliphatic carbocycles. The van der Waals surface area contributed by atoms with Crippen LogP contribution in [0.4, 0.5) is 0 Å². The molecule has 0 fully saturated rings. The van der Waals surface area contributed by atoms with Crippen LogP contribution >= 0.6 is 0 Å². The van der Waals surface area contributed by atoms with Crippen LogP contribution in [0, 0.1) is 0 Å². The summed E-state index contributed by atoms with van der Waals surface area (Å²) >= 11 is 0. The van der Waals surface area contributed by atoms with Gasteiger partial charge in [0.1, 0.15) is 6.04 Å². The predicted octanol–water partition coefficient (Wildman–Crippen LogP) is -0.0825. The minimum Gasteiger partial charge on any atom is -0.480 e. The standard InChI is InChI=1S/C9H18N2O3/c1-4-11(3)6-5-8(12)10-7(2)9(13)14/h7H,4-6H2,1-3H3,(H,10,12)(H,13,14). The normalized spacial score (nSPS) is 12.6. The third-order valence-corrected chi connectivity index (χ3v) is 2.01. The van der Waals surface area contributed by atoms with Crippen LogP contribution in [-0.2, 0) is 9.59 Å². The van der Waals surface area contributed by atoms with E-state index in [2.05, 4.69) is 5.32 Å². The van der Waals surface area contributed by atoms with Crippen LogP contribution in [0.3, 0.4) is 0 Å². The van der Waals surface area contributed by atoms with Crippen LogP contribution < -0.4 is 5.32 Å². The summed E-state index contributed by atoms with van der Waals surface area (Å²) in [5.74, 6) is -1.23. The number of hydrogen-bond donors (Lipinski definition) is 2. The summed E-state index contributed by atoms with van der Waals surface area (Å²) in [5, 5.41) is 10.9. The van der Waals surface area contributed by atoms with Crippen LogP contribution in [0.5, 0.6) is 0 Å². The lowest BCUT2D eigenvalue weighted by Gasteiger charge is -2.14. The molecule has 0 aliphatic rings. The molecule has 0 saturated heterocycles. The molecule has 0 rings (SSSR count). The molecule has 0 aliphatic heterocycles. The maximum absolute atomic E-state index is 11.2. The molecule has 1 amide bonds. The number of carboxylic acid groups (broad SMARTS) is 1. The number of carboxylic acids is 1. The summed E-state index contributed by atoms with van der Waals surface area (Å²) in [4.78, 5) is 23.6. The van der Waals surface area contributed by atoms with E-state index in [1.165, 1.54) is 6.92 Å². The van der Waals surface area contributed by atoms with E-state index in [-0.39, 0.29) is 5.91 Å². The third-order valence-electron chi connectivity index (χ3n) is 2.01. The molecule has 2 N–H and O–H groups in total. The molecule has 14 heavy (non-hydrogen) atoms. The highest BCUT2D eigenvalue weighted by Crippen LogP contribution is 1.89. The second-order valence-corrected chi connectivity index (χ2v) is 3.27. The monoisotopic (exact) mass is 202 g/mol. The highest BCUT2D eigenvalue weighted by atomic mass is 16.4. The van der Waals surface area contributed by atoms with E-state index < -0.39 is 12.0 Å². The highest BCUT2D eigenvalue weighted by Gasteiger charge is 2.13. The zero-order valence-electron chi connectivity index (χ0n) is 8.91. The molecule has 5 heteroatoms. The molecule has 1 unspecified atom stereocenters. The molecule has 0 spiro atoms. The van der Waals surface area contributed by atoms with Crippen molar-refractivity contribution in [3.05, 3.63) is 0 Å². The maximum atomic E-state index is 11.2. The molecule has 0 aromatic heterocycles. The number of carbonyl (C=O) groups is 2. The van der Waals surface area contributed by atoms with Gasteiger partial charge >= 0.3 is 5.97 Å². The van der Waals surface area contributed by atoms with Gasteiger partial charge in [0.2, 0.25) is 5.91 Å². The average molecular weight is 202 g/mol. The van der Waals surface area contributed by atoms with Gasteiger partial charge in [0, 0.05) is 13.0 Å². The Kier molecular flexibility index (Phi) is 5.87. The second kappa shape index (κ2) is 6.37. The van der Waals surface area contributed by atoms with Crippen LogP contribution in [0.1, 0.15) is 20.3 Å². The minimum atomic E-state index is -1.01. The largest absolute Gasteiger partial charge is 0.480 e. The molecule has 0 aromatic rings. The van der Waals surface area contributed by atoms with Crippen molar-refractivity contribution in [3.8, 4) is 0 Å². The maximum Gasteiger partial charge on any atom is 0.325 e. The number of carbonyl (C=O) groups excluding carboxylic acids is 1. The Morgan fingerprint density at radius 1 is 1.50 bits per heavy atom. The second-order valence-electron chi connectivity index (χ2n) is 3.27. The first-order valence-corrected chi connectivity index (χ1v) is 4.68. The van der Waals surface area contributed by atoms with Crippen LogP contribution in [-0.4, -0.2) is 48.1 Å². The lowest BCUT2D eigenvalue weighted by atomic mass is 10.3. The number of nitrogens with one attached hydrogen (secondary N) is 1. The fourth-order valence-electron chi connectivity index (χ4n) is 0.826. The Labute approximate surface area is 84.1 Å². The van der Waals surface area contributed by atoms with E-state index in [0.29, 0.717) is 13.0 Å². The zero-order chi connectivity index (χ0) is 11.1. The van der Waals surface area contributed by atoms with E-state index in [0.717, 1.165) is 6.54 Å². The Bertz CT molecular complexity index is 206. The van der Waals surface area contributed by atoms with Crippen molar-refractivity contribution < 1.29 is 14.7 Å². The molecule has 1 atom stereocenters. The first-order valence-electron chi connectivity index (χ1n) is 4.68. The zero-order valence-corrected chi connectivity index (χ0v) is 8.91. The summed E-state index contributed by atoms with van der Waals surface area (Å²) in [7, 11) is 1.91. The van der Waals surface area contributed by atoms with Gasteiger partial charge in [0.05, 0.1) is 0 Å². The van der Waals surface area contributed by atoms with Crippen LogP contribution in [0.15, 0.2) is 0 Å². The van der Waals surface area contributed by atoms with Gasteiger partial charge in [-0.1, -0.05) is 6.92 Å². The first-order chi connectivity index (χ1) is 6.47. The molecule has 82 valence electrons. The third kappa shape index (κ3) is 5.53. The average Bonchev–Trinajstić information content (AvgIpc) is 2.13. The Hall–Kier alpha value is -1.10. The van der Waals surface area contributed by atoms with E-state index in [4.69, 9.17) is 5.11 Å². The van der Waals surface area contributed by atoms with Crippen molar-refractivity contribution in [2.75, 3.05) is 20.1 Å². The molecule has 5 nitrogen and oxygen atoms in total. The fraction of sp³-hybridized carbons (Fsp3) is 0.778. The van der Waals surface area contributed by atoms with Gasteiger partial charge < -0.3 is 15.3 Å². The molecular weight excluding hydrogens is 184 g/mol. The van der Waals surface area contributed by atoms with E-state index >= 15 is 0 Å². The van der Waals surface area contributed by atoms with Crippen LogP contribution in [0.25, 0.3) is 0 Å². The van der Waals surface area contributed by atoms with Crippen molar-refractivity contribution in [1.82, 2.24) is 10.2 Å². The number of amides is 1. The summed E-state index contributed by atoms with van der Waals surface area (Å²) in [6.45, 7) is 4.97. The quantitative estimate of drug-likeness (QED) is 0.632. The van der Waals surface area contributed by atoms with Crippen molar-refractivity contribution >= 4 is 11.9 Å². The molecule has 0 heterocycles. The Morgan fingerprint density at radius 2 is 2.07 bits per heavy atom. The molecule has 0 aromatic carbocycles. The van der Waals surface area contributed by atoms with Crippen molar-refractivity contribution in [3.63, 3.8) is 0 Å². The molecular formula is C9H18N2O3. The van der Waals surface area contributed by atoms with Gasteiger partial charge in [0.25, 0.3) is 0 Å². The van der Waals surface area contributed by atoms with Gasteiger partial charge in [-0.25, -0.2) is 0 Å². The van der Waals surface area contributed by atoms with Gasteiger partial charge in [-0.3, -0.25) is 9.59 Å². The molecule has 0 radical (unpaired) electrons. The lowest BCUT2D eigenvalue weighted by molar-refractivity contribution is -0.141. The molecule has 0 bridgehead atoms. The summed E-state index contributed by atoms with van der Waals surface area (Å²) in [5.41, 5.74) is 0.